The summed E-state index contributed by atoms with van der Waals surface area (Å²) in [6.07, 6.45) is 4.72. The van der Waals surface area contributed by atoms with Gasteiger partial charge in [-0.1, -0.05) is 26.7 Å². The molecule has 0 bridgehead atoms. The summed E-state index contributed by atoms with van der Waals surface area (Å²) in [5.74, 6) is 0.143. The van der Waals surface area contributed by atoms with Gasteiger partial charge in [0.2, 0.25) is 5.91 Å². The highest BCUT2D eigenvalue weighted by atomic mass is 16.2. The molecule has 0 aliphatic carbocycles. The third-order valence-electron chi connectivity index (χ3n) is 3.72. The van der Waals surface area contributed by atoms with E-state index < -0.39 is 0 Å². The molecule has 114 valence electrons. The molecule has 0 aliphatic heterocycles. The summed E-state index contributed by atoms with van der Waals surface area (Å²) in [5, 5.41) is 3.15. The molecule has 3 N–H and O–H groups in total. The first-order chi connectivity index (χ1) is 8.91. The van der Waals surface area contributed by atoms with Crippen molar-refractivity contribution in [3.63, 3.8) is 0 Å². The van der Waals surface area contributed by atoms with Crippen molar-refractivity contribution in [3.05, 3.63) is 0 Å². The molecule has 19 heavy (non-hydrogen) atoms. The second-order valence-electron chi connectivity index (χ2n) is 5.95. The monoisotopic (exact) mass is 271 g/mol. The number of hydrogen-bond acceptors (Lipinski definition) is 3. The van der Waals surface area contributed by atoms with E-state index in [1.165, 1.54) is 0 Å². The zero-order chi connectivity index (χ0) is 14.9. The van der Waals surface area contributed by atoms with Gasteiger partial charge in [0.05, 0.1) is 5.41 Å². The molecule has 0 saturated carbocycles. The number of rotatable bonds is 10. The van der Waals surface area contributed by atoms with Gasteiger partial charge in [0, 0.05) is 12.6 Å². The Morgan fingerprint density at radius 2 is 1.79 bits per heavy atom. The molecule has 1 amide bonds. The molecule has 0 aromatic carbocycles. The standard InChI is InChI=1S/C15H33N3O/c1-6-9-15(12-16,10-7-2)14(19)17-13(3)8-11-18(4)5/h13H,6-12,16H2,1-5H3,(H,17,19). The number of carbonyl (C=O) groups excluding carboxylic acids is 1. The summed E-state index contributed by atoms with van der Waals surface area (Å²) < 4.78 is 0. The molecule has 0 spiro atoms. The van der Waals surface area contributed by atoms with Crippen molar-refractivity contribution in [2.45, 2.75) is 58.9 Å². The zero-order valence-corrected chi connectivity index (χ0v) is 13.5. The molecule has 1 atom stereocenters. The number of nitrogens with one attached hydrogen (secondary N) is 1. The van der Waals surface area contributed by atoms with Crippen LogP contribution in [0.4, 0.5) is 0 Å². The maximum absolute atomic E-state index is 12.5. The molecular formula is C15H33N3O. The van der Waals surface area contributed by atoms with Crippen molar-refractivity contribution >= 4 is 5.91 Å². The van der Waals surface area contributed by atoms with Crippen LogP contribution in [0.2, 0.25) is 0 Å². The Balaban J connectivity index is 4.54. The van der Waals surface area contributed by atoms with E-state index in [4.69, 9.17) is 5.73 Å². The summed E-state index contributed by atoms with van der Waals surface area (Å²) in [4.78, 5) is 14.7. The highest BCUT2D eigenvalue weighted by Crippen LogP contribution is 2.29. The molecule has 0 rings (SSSR count). The first-order valence-corrected chi connectivity index (χ1v) is 7.57. The Morgan fingerprint density at radius 3 is 2.16 bits per heavy atom. The Kier molecular flexibility index (Phi) is 9.02. The fourth-order valence-electron chi connectivity index (χ4n) is 2.51. The summed E-state index contributed by atoms with van der Waals surface area (Å²) in [7, 11) is 4.10. The zero-order valence-electron chi connectivity index (χ0n) is 13.5. The van der Waals surface area contributed by atoms with Crippen LogP contribution in [0, 0.1) is 5.41 Å². The highest BCUT2D eigenvalue weighted by Gasteiger charge is 2.35. The molecule has 4 nitrogen and oxygen atoms in total. The third-order valence-corrected chi connectivity index (χ3v) is 3.72. The van der Waals surface area contributed by atoms with Gasteiger partial charge < -0.3 is 16.0 Å². The van der Waals surface area contributed by atoms with E-state index in [0.29, 0.717) is 6.54 Å². The molecule has 0 heterocycles. The lowest BCUT2D eigenvalue weighted by Crippen LogP contribution is -2.49. The number of nitrogens with zero attached hydrogens (tertiary/aromatic N) is 1. The van der Waals surface area contributed by atoms with Crippen LogP contribution in [-0.2, 0) is 4.79 Å². The van der Waals surface area contributed by atoms with Crippen molar-refractivity contribution in [2.24, 2.45) is 11.1 Å². The van der Waals surface area contributed by atoms with Crippen LogP contribution < -0.4 is 11.1 Å². The Bertz CT molecular complexity index is 248. The molecule has 4 heteroatoms. The van der Waals surface area contributed by atoms with E-state index in [9.17, 15) is 4.79 Å². The van der Waals surface area contributed by atoms with E-state index in [1.54, 1.807) is 0 Å². The SMILES string of the molecule is CCCC(CN)(CCC)C(=O)NC(C)CCN(C)C. The Hall–Kier alpha value is -0.610. The van der Waals surface area contributed by atoms with Crippen LogP contribution in [0.3, 0.4) is 0 Å². The largest absolute Gasteiger partial charge is 0.353 e. The molecule has 0 fully saturated rings. The van der Waals surface area contributed by atoms with Crippen LogP contribution in [0.1, 0.15) is 52.9 Å². The normalized spacial score (nSPS) is 13.6. The predicted octanol–water partition coefficient (Wildman–Crippen LogP) is 1.99. The average molecular weight is 271 g/mol. The van der Waals surface area contributed by atoms with Gasteiger partial charge >= 0.3 is 0 Å². The maximum Gasteiger partial charge on any atom is 0.227 e. The van der Waals surface area contributed by atoms with E-state index >= 15 is 0 Å². The highest BCUT2D eigenvalue weighted by molar-refractivity contribution is 5.83. The van der Waals surface area contributed by atoms with Crippen LogP contribution >= 0.6 is 0 Å². The number of hydrogen-bond donors (Lipinski definition) is 2. The van der Waals surface area contributed by atoms with Crippen molar-refractivity contribution < 1.29 is 4.79 Å². The first kappa shape index (κ1) is 18.4. The molecule has 0 radical (unpaired) electrons. The Morgan fingerprint density at radius 1 is 1.26 bits per heavy atom. The van der Waals surface area contributed by atoms with E-state index in [-0.39, 0.29) is 17.4 Å². The predicted molar refractivity (Wildman–Crippen MR) is 82.1 cm³/mol. The topological polar surface area (TPSA) is 58.4 Å². The Labute approximate surface area is 119 Å². The van der Waals surface area contributed by atoms with Crippen molar-refractivity contribution in [3.8, 4) is 0 Å². The lowest BCUT2D eigenvalue weighted by molar-refractivity contribution is -0.132. The summed E-state index contributed by atoms with van der Waals surface area (Å²) in [6, 6.07) is 0.203. The average Bonchev–Trinajstić information content (AvgIpc) is 2.35. The molecule has 0 aromatic heterocycles. The van der Waals surface area contributed by atoms with E-state index in [1.807, 2.05) is 14.1 Å². The summed E-state index contributed by atoms with van der Waals surface area (Å²) in [6.45, 7) is 7.73. The third kappa shape index (κ3) is 6.39. The lowest BCUT2D eigenvalue weighted by Gasteiger charge is -2.32. The van der Waals surface area contributed by atoms with Crippen molar-refractivity contribution in [2.75, 3.05) is 27.2 Å². The quantitative estimate of drug-likeness (QED) is 0.639. The molecule has 1 unspecified atom stereocenters. The van der Waals surface area contributed by atoms with Crippen molar-refractivity contribution in [1.29, 1.82) is 0 Å². The minimum atomic E-state index is -0.365. The number of carbonyl (C=O) groups is 1. The van der Waals surface area contributed by atoms with Gasteiger partial charge in [-0.05, 0) is 46.8 Å². The molecule has 0 aliphatic rings. The first-order valence-electron chi connectivity index (χ1n) is 7.57. The van der Waals surface area contributed by atoms with Gasteiger partial charge in [-0.25, -0.2) is 0 Å². The second-order valence-corrected chi connectivity index (χ2v) is 5.95. The van der Waals surface area contributed by atoms with Crippen LogP contribution in [0.25, 0.3) is 0 Å². The van der Waals surface area contributed by atoms with Gasteiger partial charge in [-0.15, -0.1) is 0 Å². The maximum atomic E-state index is 12.5. The van der Waals surface area contributed by atoms with Gasteiger partial charge in [0.1, 0.15) is 0 Å². The van der Waals surface area contributed by atoms with Crippen LogP contribution in [0.15, 0.2) is 0 Å². The minimum absolute atomic E-state index is 0.143. The van der Waals surface area contributed by atoms with Gasteiger partial charge in [-0.2, -0.15) is 0 Å². The lowest BCUT2D eigenvalue weighted by atomic mass is 9.78. The minimum Gasteiger partial charge on any atom is -0.353 e. The molecule has 0 aromatic rings. The van der Waals surface area contributed by atoms with Crippen LogP contribution in [0.5, 0.6) is 0 Å². The number of amides is 1. The van der Waals surface area contributed by atoms with Gasteiger partial charge in [0.25, 0.3) is 0 Å². The van der Waals surface area contributed by atoms with E-state index in [2.05, 4.69) is 31.0 Å². The fraction of sp³-hybridized carbons (Fsp3) is 0.933. The number of nitrogens with two attached hydrogens (primary N) is 1. The summed E-state index contributed by atoms with van der Waals surface area (Å²) >= 11 is 0. The van der Waals surface area contributed by atoms with Crippen molar-refractivity contribution in [1.82, 2.24) is 10.2 Å². The second kappa shape index (κ2) is 9.32. The molecule has 0 saturated heterocycles. The molecular weight excluding hydrogens is 238 g/mol. The van der Waals surface area contributed by atoms with E-state index in [0.717, 1.165) is 38.6 Å². The smallest absolute Gasteiger partial charge is 0.227 e. The fourth-order valence-corrected chi connectivity index (χ4v) is 2.51. The van der Waals surface area contributed by atoms with Gasteiger partial charge in [0.15, 0.2) is 0 Å². The van der Waals surface area contributed by atoms with Gasteiger partial charge in [-0.3, -0.25) is 4.79 Å². The van der Waals surface area contributed by atoms with Crippen LogP contribution in [-0.4, -0.2) is 44.0 Å². The summed E-state index contributed by atoms with van der Waals surface area (Å²) in [5.41, 5.74) is 5.54.